The number of methoxy groups -OCH3 is 1. The van der Waals surface area contributed by atoms with Crippen molar-refractivity contribution in [2.75, 3.05) is 7.11 Å². The molecule has 1 unspecified atom stereocenters. The van der Waals surface area contributed by atoms with Crippen LogP contribution >= 0.6 is 23.1 Å². The van der Waals surface area contributed by atoms with Crippen molar-refractivity contribution in [1.29, 1.82) is 0 Å². The maximum atomic E-state index is 5.89. The molecule has 0 saturated heterocycles. The lowest BCUT2D eigenvalue weighted by Gasteiger charge is -2.05. The summed E-state index contributed by atoms with van der Waals surface area (Å²) in [5.41, 5.74) is 2.13. The van der Waals surface area contributed by atoms with Crippen molar-refractivity contribution in [3.05, 3.63) is 58.5 Å². The average Bonchev–Trinajstić information content (AvgIpc) is 3.23. The van der Waals surface area contributed by atoms with Crippen molar-refractivity contribution in [3.8, 4) is 11.3 Å². The van der Waals surface area contributed by atoms with E-state index in [0.717, 1.165) is 33.7 Å². The van der Waals surface area contributed by atoms with E-state index in [1.54, 1.807) is 36.4 Å². The molecule has 120 valence electrons. The Labute approximate surface area is 143 Å². The lowest BCUT2D eigenvalue weighted by atomic mass is 10.2. The van der Waals surface area contributed by atoms with Gasteiger partial charge in [0.25, 0.3) is 0 Å². The maximum Gasteiger partial charge on any atom is 0.207 e. The lowest BCUT2D eigenvalue weighted by molar-refractivity contribution is 0.184. The van der Waals surface area contributed by atoms with Gasteiger partial charge < -0.3 is 9.15 Å². The molecule has 2 aromatic heterocycles. The van der Waals surface area contributed by atoms with Gasteiger partial charge in [0.1, 0.15) is 5.01 Å². The van der Waals surface area contributed by atoms with Crippen molar-refractivity contribution in [3.63, 3.8) is 0 Å². The van der Waals surface area contributed by atoms with E-state index in [9.17, 15) is 0 Å². The fourth-order valence-electron chi connectivity index (χ4n) is 2.10. The predicted molar refractivity (Wildman–Crippen MR) is 94.5 cm³/mol. The fraction of sp³-hybridized carbons (Fsp3) is 0.294. The first-order valence-corrected chi connectivity index (χ1v) is 9.24. The molecule has 0 spiro atoms. The van der Waals surface area contributed by atoms with Gasteiger partial charge in [-0.1, -0.05) is 30.3 Å². The minimum Gasteiger partial charge on any atom is -0.440 e. The molecule has 0 N–H and O–H groups in total. The molecular formula is C17H18N2O2S2. The minimum atomic E-state index is 0.181. The zero-order valence-corrected chi connectivity index (χ0v) is 14.7. The highest BCUT2D eigenvalue weighted by Crippen LogP contribution is 2.32. The summed E-state index contributed by atoms with van der Waals surface area (Å²) in [4.78, 5) is 8.95. The zero-order chi connectivity index (χ0) is 16.1. The predicted octanol–water partition coefficient (Wildman–Crippen LogP) is 4.94. The van der Waals surface area contributed by atoms with Crippen LogP contribution in [-0.2, 0) is 17.1 Å². The number of thiazole rings is 1. The molecule has 6 heteroatoms. The normalized spacial score (nSPS) is 12.4. The Morgan fingerprint density at radius 1 is 1.30 bits per heavy atom. The second kappa shape index (κ2) is 7.77. The van der Waals surface area contributed by atoms with Crippen molar-refractivity contribution in [2.45, 2.75) is 24.5 Å². The van der Waals surface area contributed by atoms with Crippen molar-refractivity contribution < 1.29 is 9.15 Å². The highest BCUT2D eigenvalue weighted by atomic mass is 32.2. The van der Waals surface area contributed by atoms with Crippen molar-refractivity contribution >= 4 is 23.1 Å². The van der Waals surface area contributed by atoms with Gasteiger partial charge in [-0.15, -0.1) is 23.1 Å². The van der Waals surface area contributed by atoms with Gasteiger partial charge in [0.2, 0.25) is 5.89 Å². The van der Waals surface area contributed by atoms with Crippen molar-refractivity contribution in [2.24, 2.45) is 0 Å². The first kappa shape index (κ1) is 16.2. The van der Waals surface area contributed by atoms with Gasteiger partial charge in [-0.25, -0.2) is 9.97 Å². The Balaban J connectivity index is 1.60. The molecule has 0 fully saturated rings. The molecule has 0 aliphatic carbocycles. The van der Waals surface area contributed by atoms with Crippen LogP contribution in [0.25, 0.3) is 11.3 Å². The molecule has 23 heavy (non-hydrogen) atoms. The number of hydrogen-bond donors (Lipinski definition) is 0. The summed E-state index contributed by atoms with van der Waals surface area (Å²) in [6.45, 7) is 2.68. The van der Waals surface area contributed by atoms with Crippen LogP contribution in [0, 0.1) is 0 Å². The van der Waals surface area contributed by atoms with Crippen LogP contribution in [0.5, 0.6) is 0 Å². The molecule has 0 amide bonds. The number of thioether (sulfide) groups is 1. The van der Waals surface area contributed by atoms with E-state index >= 15 is 0 Å². The highest BCUT2D eigenvalue weighted by Gasteiger charge is 2.14. The summed E-state index contributed by atoms with van der Waals surface area (Å²) in [7, 11) is 1.69. The second-order valence-electron chi connectivity index (χ2n) is 5.05. The maximum absolute atomic E-state index is 5.89. The van der Waals surface area contributed by atoms with E-state index in [4.69, 9.17) is 9.15 Å². The molecule has 0 aliphatic heterocycles. The first-order chi connectivity index (χ1) is 11.3. The summed E-state index contributed by atoms with van der Waals surface area (Å²) in [5, 5.41) is 3.28. The van der Waals surface area contributed by atoms with Crippen LogP contribution in [0.3, 0.4) is 0 Å². The van der Waals surface area contributed by atoms with Crippen LogP contribution in [0.2, 0.25) is 0 Å². The standard InChI is InChI=1S/C17H18N2O2S2/c1-12(22-10-14-11-23-16(19-14)9-20-2)17-18-8-15(21-17)13-6-4-3-5-7-13/h3-8,11-12H,9-10H2,1-2H3. The third-order valence-electron chi connectivity index (χ3n) is 3.28. The largest absolute Gasteiger partial charge is 0.440 e. The molecule has 1 aromatic carbocycles. The fourth-order valence-corrected chi connectivity index (χ4v) is 3.79. The molecular weight excluding hydrogens is 328 g/mol. The van der Waals surface area contributed by atoms with Crippen LogP contribution in [-0.4, -0.2) is 17.1 Å². The van der Waals surface area contributed by atoms with Crippen LogP contribution < -0.4 is 0 Å². The second-order valence-corrected chi connectivity index (χ2v) is 7.32. The third-order valence-corrected chi connectivity index (χ3v) is 5.31. The molecule has 4 nitrogen and oxygen atoms in total. The molecule has 3 rings (SSSR count). The Bertz CT molecular complexity index is 740. The van der Waals surface area contributed by atoms with Crippen LogP contribution in [0.15, 0.2) is 46.3 Å². The third kappa shape index (κ3) is 4.22. The van der Waals surface area contributed by atoms with Crippen molar-refractivity contribution in [1.82, 2.24) is 9.97 Å². The van der Waals surface area contributed by atoms with E-state index in [0.29, 0.717) is 6.61 Å². The smallest absolute Gasteiger partial charge is 0.207 e. The summed E-state index contributed by atoms with van der Waals surface area (Å²) >= 11 is 3.40. The van der Waals surface area contributed by atoms with E-state index in [-0.39, 0.29) is 5.25 Å². The van der Waals surface area contributed by atoms with Gasteiger partial charge in [0, 0.05) is 23.8 Å². The van der Waals surface area contributed by atoms with Gasteiger partial charge in [-0.3, -0.25) is 0 Å². The van der Waals surface area contributed by atoms with Gasteiger partial charge in [-0.05, 0) is 6.92 Å². The minimum absolute atomic E-state index is 0.181. The summed E-state index contributed by atoms with van der Waals surface area (Å²) in [6.07, 6.45) is 1.79. The molecule has 1 atom stereocenters. The number of hydrogen-bond acceptors (Lipinski definition) is 6. The number of benzene rings is 1. The Kier molecular flexibility index (Phi) is 5.48. The SMILES string of the molecule is COCc1nc(CSC(C)c2ncc(-c3ccccc3)o2)cs1. The van der Waals surface area contributed by atoms with E-state index in [1.165, 1.54) is 0 Å². The molecule has 0 radical (unpaired) electrons. The number of oxazole rings is 1. The molecule has 2 heterocycles. The number of rotatable bonds is 7. The molecule has 0 saturated carbocycles. The zero-order valence-electron chi connectivity index (χ0n) is 13.1. The van der Waals surface area contributed by atoms with Crippen LogP contribution in [0.4, 0.5) is 0 Å². The molecule has 3 aromatic rings. The molecule has 0 aliphatic rings. The van der Waals surface area contributed by atoms with E-state index < -0.39 is 0 Å². The summed E-state index contributed by atoms with van der Waals surface area (Å²) in [5.74, 6) is 2.40. The van der Waals surface area contributed by atoms with E-state index in [1.807, 2.05) is 30.3 Å². The van der Waals surface area contributed by atoms with Gasteiger partial charge in [0.05, 0.1) is 23.7 Å². The summed E-state index contributed by atoms with van der Waals surface area (Å²) in [6, 6.07) is 10.0. The average molecular weight is 346 g/mol. The Morgan fingerprint density at radius 2 is 2.13 bits per heavy atom. The van der Waals surface area contributed by atoms with Gasteiger partial charge in [0.15, 0.2) is 5.76 Å². The lowest BCUT2D eigenvalue weighted by Crippen LogP contribution is -1.91. The monoisotopic (exact) mass is 346 g/mol. The molecule has 0 bridgehead atoms. The quantitative estimate of drug-likeness (QED) is 0.606. The van der Waals surface area contributed by atoms with Crippen LogP contribution in [0.1, 0.15) is 28.8 Å². The van der Waals surface area contributed by atoms with Gasteiger partial charge >= 0.3 is 0 Å². The number of aromatic nitrogens is 2. The highest BCUT2D eigenvalue weighted by molar-refractivity contribution is 7.98. The first-order valence-electron chi connectivity index (χ1n) is 7.31. The van der Waals surface area contributed by atoms with Gasteiger partial charge in [-0.2, -0.15) is 0 Å². The van der Waals surface area contributed by atoms with E-state index in [2.05, 4.69) is 22.3 Å². The topological polar surface area (TPSA) is 48.2 Å². The number of ether oxygens (including phenoxy) is 1. The Hall–Kier alpha value is -1.63. The number of nitrogens with zero attached hydrogens (tertiary/aromatic N) is 2. The summed E-state index contributed by atoms with van der Waals surface area (Å²) < 4.78 is 11.0. The Morgan fingerprint density at radius 3 is 2.91 bits per heavy atom.